The van der Waals surface area contributed by atoms with E-state index in [-0.39, 0.29) is 42.6 Å². The maximum absolute atomic E-state index is 12.5. The second-order valence-electron chi connectivity index (χ2n) is 5.62. The van der Waals surface area contributed by atoms with Gasteiger partial charge in [-0.25, -0.2) is 13.4 Å². The van der Waals surface area contributed by atoms with E-state index in [1.807, 2.05) is 11.6 Å². The third kappa shape index (κ3) is 2.23. The first-order valence-corrected chi connectivity index (χ1v) is 9.24. The van der Waals surface area contributed by atoms with Gasteiger partial charge in [0.05, 0.1) is 11.0 Å². The average molecular weight is 363 g/mol. The molecule has 0 radical (unpaired) electrons. The van der Waals surface area contributed by atoms with Crippen molar-refractivity contribution in [1.82, 2.24) is 14.3 Å². The highest BCUT2D eigenvalue weighted by molar-refractivity contribution is 7.92. The van der Waals surface area contributed by atoms with Crippen LogP contribution in [0.3, 0.4) is 0 Å². The number of fused-ring (bicyclic) bond motifs is 2. The summed E-state index contributed by atoms with van der Waals surface area (Å²) in [7, 11) is -3.18. The Hall–Kier alpha value is -1.16. The fourth-order valence-corrected chi connectivity index (χ4v) is 6.22. The first-order chi connectivity index (χ1) is 9.95. The fraction of sp³-hybridized carbons (Fsp3) is 0.500. The second-order valence-corrected chi connectivity index (χ2v) is 8.76. The lowest BCUT2D eigenvalue weighted by atomic mass is 10.0. The number of imidazole rings is 1. The van der Waals surface area contributed by atoms with Crippen molar-refractivity contribution in [2.45, 2.75) is 11.3 Å². The number of amides is 1. The van der Waals surface area contributed by atoms with Crippen LogP contribution in [0.4, 0.5) is 0 Å². The summed E-state index contributed by atoms with van der Waals surface area (Å²) in [6.07, 6.45) is 3.51. The highest BCUT2D eigenvalue weighted by atomic mass is 35.5. The Morgan fingerprint density at radius 2 is 2.18 bits per heavy atom. The first-order valence-electron chi connectivity index (χ1n) is 6.64. The minimum Gasteiger partial charge on any atom is -0.336 e. The van der Waals surface area contributed by atoms with Gasteiger partial charge in [-0.2, -0.15) is 0 Å². The molecule has 2 aliphatic heterocycles. The summed E-state index contributed by atoms with van der Waals surface area (Å²) in [5, 5.41) is 1.38. The maximum atomic E-state index is 12.5. The van der Waals surface area contributed by atoms with Gasteiger partial charge in [0.25, 0.3) is 5.91 Å². The molecule has 4 rings (SSSR count). The first kappa shape index (κ1) is 15.7. The number of hydrogen-bond donors (Lipinski definition) is 1. The zero-order valence-electron chi connectivity index (χ0n) is 11.5. The number of likely N-dealkylation sites (tertiary alicyclic amines) is 1. The van der Waals surface area contributed by atoms with Crippen LogP contribution < -0.4 is 5.73 Å². The van der Waals surface area contributed by atoms with Gasteiger partial charge in [-0.1, -0.05) is 0 Å². The van der Waals surface area contributed by atoms with Crippen LogP contribution >= 0.6 is 23.7 Å². The van der Waals surface area contributed by atoms with Gasteiger partial charge in [-0.3, -0.25) is 9.20 Å². The van der Waals surface area contributed by atoms with E-state index in [1.165, 1.54) is 11.3 Å². The molecule has 10 heteroatoms. The molecule has 3 atom stereocenters. The summed E-state index contributed by atoms with van der Waals surface area (Å²) < 4.78 is 25.8. The second kappa shape index (κ2) is 5.19. The molecule has 0 bridgehead atoms. The molecule has 2 N–H and O–H groups in total. The van der Waals surface area contributed by atoms with E-state index in [4.69, 9.17) is 5.73 Å². The van der Waals surface area contributed by atoms with Crippen LogP contribution in [0.2, 0.25) is 0 Å². The zero-order valence-corrected chi connectivity index (χ0v) is 13.9. The van der Waals surface area contributed by atoms with Crippen molar-refractivity contribution >= 4 is 44.4 Å². The van der Waals surface area contributed by atoms with Crippen LogP contribution in [0.15, 0.2) is 17.8 Å². The number of carbonyl (C=O) groups excluding carboxylic acids is 1. The van der Waals surface area contributed by atoms with Crippen LogP contribution in [0.5, 0.6) is 0 Å². The largest absolute Gasteiger partial charge is 0.336 e. The lowest BCUT2D eigenvalue weighted by Gasteiger charge is -2.17. The van der Waals surface area contributed by atoms with Crippen LogP contribution in [0, 0.1) is 5.92 Å². The van der Waals surface area contributed by atoms with Crippen molar-refractivity contribution in [3.05, 3.63) is 23.5 Å². The average Bonchev–Trinajstić information content (AvgIpc) is 3.12. The lowest BCUT2D eigenvalue weighted by molar-refractivity contribution is 0.0780. The quantitative estimate of drug-likeness (QED) is 0.770. The van der Waals surface area contributed by atoms with Gasteiger partial charge < -0.3 is 10.6 Å². The number of aromatic nitrogens is 2. The fourth-order valence-electron chi connectivity index (χ4n) is 3.26. The molecular formula is C12H15ClN4O3S2. The molecule has 2 aromatic heterocycles. The Labute approximate surface area is 137 Å². The van der Waals surface area contributed by atoms with Crippen LogP contribution in [-0.2, 0) is 9.84 Å². The molecule has 0 aliphatic carbocycles. The minimum absolute atomic E-state index is 0. The van der Waals surface area contributed by atoms with Crippen molar-refractivity contribution < 1.29 is 13.2 Å². The third-order valence-electron chi connectivity index (χ3n) is 4.34. The molecular weight excluding hydrogens is 348 g/mol. The summed E-state index contributed by atoms with van der Waals surface area (Å²) in [5.41, 5.74) is 6.26. The van der Waals surface area contributed by atoms with E-state index >= 15 is 0 Å². The SMILES string of the molecule is Cl.N[C@@H]1CS(=O)(=O)[C@H]2CN(C(=O)c3cn4ccsc4n3)C[C@@H]12. The van der Waals surface area contributed by atoms with Crippen molar-refractivity contribution in [2.24, 2.45) is 11.7 Å². The Morgan fingerprint density at radius 1 is 1.41 bits per heavy atom. The summed E-state index contributed by atoms with van der Waals surface area (Å²) in [4.78, 5) is 19.1. The Kier molecular flexibility index (Phi) is 3.71. The van der Waals surface area contributed by atoms with Crippen LogP contribution in [0.1, 0.15) is 10.5 Å². The molecule has 0 aromatic carbocycles. The monoisotopic (exact) mass is 362 g/mol. The molecule has 2 aromatic rings. The number of rotatable bonds is 1. The summed E-state index contributed by atoms with van der Waals surface area (Å²) >= 11 is 1.45. The Bertz CT molecular complexity index is 802. The lowest BCUT2D eigenvalue weighted by Crippen LogP contribution is -2.35. The van der Waals surface area contributed by atoms with E-state index in [0.29, 0.717) is 12.2 Å². The summed E-state index contributed by atoms with van der Waals surface area (Å²) in [6.45, 7) is 0.625. The molecule has 0 saturated carbocycles. The van der Waals surface area contributed by atoms with E-state index in [1.54, 1.807) is 15.5 Å². The standard InChI is InChI=1S/C12H14N4O3S2.ClH/c13-8-6-21(18,19)10-5-16(3-7(8)10)11(17)9-4-15-1-2-20-12(15)14-9;/h1-2,4,7-8,10H,3,5-6,13H2;1H/t7-,8+,10-;/m0./s1. The van der Waals surface area contributed by atoms with Crippen LogP contribution in [0.25, 0.3) is 4.96 Å². The number of nitrogens with zero attached hydrogens (tertiary/aromatic N) is 3. The molecule has 7 nitrogen and oxygen atoms in total. The summed E-state index contributed by atoms with van der Waals surface area (Å²) in [6, 6.07) is -0.372. The molecule has 0 unspecified atom stereocenters. The topological polar surface area (TPSA) is 97.8 Å². The van der Waals surface area contributed by atoms with Crippen molar-refractivity contribution in [2.75, 3.05) is 18.8 Å². The zero-order chi connectivity index (χ0) is 14.8. The third-order valence-corrected chi connectivity index (χ3v) is 7.39. The van der Waals surface area contributed by atoms with Gasteiger partial charge in [0.15, 0.2) is 14.8 Å². The van der Waals surface area contributed by atoms with Gasteiger partial charge >= 0.3 is 0 Å². The van der Waals surface area contributed by atoms with E-state index in [0.717, 1.165) is 4.96 Å². The highest BCUT2D eigenvalue weighted by Crippen LogP contribution is 2.33. The minimum atomic E-state index is -3.18. The smallest absolute Gasteiger partial charge is 0.274 e. The molecule has 2 aliphatic rings. The van der Waals surface area contributed by atoms with Gasteiger partial charge in [-0.05, 0) is 0 Å². The van der Waals surface area contributed by atoms with Gasteiger partial charge in [0, 0.05) is 42.8 Å². The molecule has 2 saturated heterocycles. The van der Waals surface area contributed by atoms with Crippen LogP contribution in [-0.4, -0.2) is 58.7 Å². The molecule has 0 spiro atoms. The van der Waals surface area contributed by atoms with Crippen molar-refractivity contribution in [1.29, 1.82) is 0 Å². The number of hydrogen-bond acceptors (Lipinski definition) is 6. The number of carbonyl (C=O) groups is 1. The van der Waals surface area contributed by atoms with E-state index in [2.05, 4.69) is 4.98 Å². The maximum Gasteiger partial charge on any atom is 0.274 e. The van der Waals surface area contributed by atoms with Gasteiger partial charge in [0.2, 0.25) is 0 Å². The van der Waals surface area contributed by atoms with Crippen molar-refractivity contribution in [3.63, 3.8) is 0 Å². The van der Waals surface area contributed by atoms with E-state index < -0.39 is 15.1 Å². The molecule has 1 amide bonds. The molecule has 120 valence electrons. The number of halogens is 1. The number of nitrogens with two attached hydrogens (primary N) is 1. The Morgan fingerprint density at radius 3 is 2.86 bits per heavy atom. The van der Waals surface area contributed by atoms with Gasteiger partial charge in [0.1, 0.15) is 5.69 Å². The van der Waals surface area contributed by atoms with Gasteiger partial charge in [-0.15, -0.1) is 23.7 Å². The highest BCUT2D eigenvalue weighted by Gasteiger charge is 2.51. The predicted molar refractivity (Wildman–Crippen MR) is 85.3 cm³/mol. The number of sulfone groups is 1. The molecule has 22 heavy (non-hydrogen) atoms. The predicted octanol–water partition coefficient (Wildman–Crippen LogP) is 0.0139. The summed E-state index contributed by atoms with van der Waals surface area (Å²) in [5.74, 6) is -0.338. The number of thiazole rings is 1. The van der Waals surface area contributed by atoms with Crippen molar-refractivity contribution in [3.8, 4) is 0 Å². The molecule has 2 fully saturated rings. The Balaban J connectivity index is 0.00000144. The molecule has 4 heterocycles. The van der Waals surface area contributed by atoms with E-state index in [9.17, 15) is 13.2 Å². The normalized spacial score (nSPS) is 29.5.